The average molecular weight is 228 g/mol. The maximum absolute atomic E-state index is 10.4. The zero-order valence-electron chi connectivity index (χ0n) is 9.26. The minimum atomic E-state index is 0.480. The molecular weight excluding hydrogens is 216 g/mol. The molecule has 0 spiro atoms. The molecule has 2 heterocycles. The second-order valence-electron chi connectivity index (χ2n) is 3.94. The Morgan fingerprint density at radius 1 is 1.35 bits per heavy atom. The zero-order valence-corrected chi connectivity index (χ0v) is 9.26. The molecule has 1 aliphatic rings. The number of hydrogen-bond donors (Lipinski definition) is 1. The summed E-state index contributed by atoms with van der Waals surface area (Å²) in [5.41, 5.74) is 2.13. The van der Waals surface area contributed by atoms with Gasteiger partial charge in [-0.25, -0.2) is 0 Å². The fourth-order valence-corrected chi connectivity index (χ4v) is 2.09. The van der Waals surface area contributed by atoms with Gasteiger partial charge < -0.3 is 10.1 Å². The van der Waals surface area contributed by atoms with Crippen molar-refractivity contribution in [1.82, 2.24) is 14.8 Å². The standard InChI is InChI=1S/C12H12N4O/c17-7-3-6-11-14-15-12-8-13-9-4-1-2-5-10(9)16(11)12/h1-2,4-5,7,13H,3,6,8H2. The number of benzene rings is 1. The third kappa shape index (κ3) is 1.60. The van der Waals surface area contributed by atoms with Crippen LogP contribution in [-0.4, -0.2) is 21.1 Å². The molecule has 0 atom stereocenters. The van der Waals surface area contributed by atoms with Crippen LogP contribution in [0.1, 0.15) is 18.1 Å². The molecule has 1 N–H and O–H groups in total. The number of para-hydroxylation sites is 2. The highest BCUT2D eigenvalue weighted by atomic mass is 16.1. The van der Waals surface area contributed by atoms with Gasteiger partial charge in [0.1, 0.15) is 12.1 Å². The normalized spacial score (nSPS) is 12.5. The summed E-state index contributed by atoms with van der Waals surface area (Å²) in [5, 5.41) is 11.6. The van der Waals surface area contributed by atoms with Crippen molar-refractivity contribution >= 4 is 12.0 Å². The maximum Gasteiger partial charge on any atom is 0.157 e. The molecule has 0 amide bonds. The first-order chi connectivity index (χ1) is 8.40. The van der Waals surface area contributed by atoms with Crippen molar-refractivity contribution in [2.75, 3.05) is 5.32 Å². The van der Waals surface area contributed by atoms with Gasteiger partial charge in [-0.05, 0) is 12.1 Å². The molecule has 0 saturated heterocycles. The number of hydrogen-bond acceptors (Lipinski definition) is 4. The van der Waals surface area contributed by atoms with Crippen LogP contribution in [0, 0.1) is 0 Å². The van der Waals surface area contributed by atoms with Gasteiger partial charge in [-0.3, -0.25) is 4.57 Å². The monoisotopic (exact) mass is 228 g/mol. The van der Waals surface area contributed by atoms with E-state index < -0.39 is 0 Å². The Bertz CT molecular complexity index is 561. The van der Waals surface area contributed by atoms with Crippen LogP contribution in [0.25, 0.3) is 5.69 Å². The fourth-order valence-electron chi connectivity index (χ4n) is 2.09. The summed E-state index contributed by atoms with van der Waals surface area (Å²) in [5.74, 6) is 1.74. The predicted molar refractivity (Wildman–Crippen MR) is 63.1 cm³/mol. The second kappa shape index (κ2) is 4.01. The van der Waals surface area contributed by atoms with E-state index >= 15 is 0 Å². The van der Waals surface area contributed by atoms with Crippen LogP contribution < -0.4 is 5.32 Å². The largest absolute Gasteiger partial charge is 0.376 e. The molecule has 17 heavy (non-hydrogen) atoms. The number of anilines is 1. The fraction of sp³-hybridized carbons (Fsp3) is 0.250. The van der Waals surface area contributed by atoms with E-state index in [9.17, 15) is 4.79 Å². The quantitative estimate of drug-likeness (QED) is 0.805. The van der Waals surface area contributed by atoms with Crippen LogP contribution in [0.3, 0.4) is 0 Å². The number of aldehydes is 1. The molecule has 0 unspecified atom stereocenters. The number of nitrogens with one attached hydrogen (secondary N) is 1. The number of nitrogens with zero attached hydrogens (tertiary/aromatic N) is 3. The second-order valence-corrected chi connectivity index (χ2v) is 3.94. The van der Waals surface area contributed by atoms with Crippen LogP contribution in [-0.2, 0) is 17.8 Å². The van der Waals surface area contributed by atoms with E-state index in [1.165, 1.54) is 0 Å². The van der Waals surface area contributed by atoms with E-state index in [0.29, 0.717) is 19.4 Å². The van der Waals surface area contributed by atoms with Crippen molar-refractivity contribution in [3.8, 4) is 5.69 Å². The Morgan fingerprint density at radius 3 is 3.12 bits per heavy atom. The lowest BCUT2D eigenvalue weighted by molar-refractivity contribution is -0.107. The summed E-state index contributed by atoms with van der Waals surface area (Å²) in [6.45, 7) is 0.672. The molecule has 86 valence electrons. The molecule has 0 bridgehead atoms. The van der Waals surface area contributed by atoms with Gasteiger partial charge in [0.25, 0.3) is 0 Å². The first kappa shape index (κ1) is 10.0. The molecular formula is C12H12N4O. The first-order valence-electron chi connectivity index (χ1n) is 5.60. The number of fused-ring (bicyclic) bond motifs is 3. The van der Waals surface area contributed by atoms with Crippen molar-refractivity contribution in [1.29, 1.82) is 0 Å². The summed E-state index contributed by atoms with van der Waals surface area (Å²) >= 11 is 0. The molecule has 2 aromatic rings. The van der Waals surface area contributed by atoms with Gasteiger partial charge in [0.15, 0.2) is 5.82 Å². The minimum absolute atomic E-state index is 0.480. The zero-order chi connectivity index (χ0) is 11.7. The van der Waals surface area contributed by atoms with E-state index in [1.54, 1.807) is 0 Å². The summed E-state index contributed by atoms with van der Waals surface area (Å²) in [7, 11) is 0. The van der Waals surface area contributed by atoms with Crippen molar-refractivity contribution in [2.24, 2.45) is 0 Å². The molecule has 5 heteroatoms. The first-order valence-corrected chi connectivity index (χ1v) is 5.60. The maximum atomic E-state index is 10.4. The van der Waals surface area contributed by atoms with Crippen molar-refractivity contribution in [2.45, 2.75) is 19.4 Å². The third-order valence-electron chi connectivity index (χ3n) is 2.86. The predicted octanol–water partition coefficient (Wildman–Crippen LogP) is 1.32. The highest BCUT2D eigenvalue weighted by Gasteiger charge is 2.19. The van der Waals surface area contributed by atoms with Crippen LogP contribution in [0.4, 0.5) is 5.69 Å². The van der Waals surface area contributed by atoms with Gasteiger partial charge in [0.05, 0.1) is 17.9 Å². The molecule has 5 nitrogen and oxygen atoms in total. The van der Waals surface area contributed by atoms with Crippen molar-refractivity contribution in [3.63, 3.8) is 0 Å². The van der Waals surface area contributed by atoms with Crippen LogP contribution in [0.5, 0.6) is 0 Å². The van der Waals surface area contributed by atoms with Crippen LogP contribution in [0.2, 0.25) is 0 Å². The van der Waals surface area contributed by atoms with E-state index in [4.69, 9.17) is 0 Å². The molecule has 0 aliphatic carbocycles. The average Bonchev–Trinajstić information content (AvgIpc) is 2.80. The number of aryl methyl sites for hydroxylation is 1. The topological polar surface area (TPSA) is 59.8 Å². The number of aromatic nitrogens is 3. The van der Waals surface area contributed by atoms with E-state index in [0.717, 1.165) is 29.3 Å². The van der Waals surface area contributed by atoms with Crippen molar-refractivity contribution < 1.29 is 4.79 Å². The molecule has 1 aromatic carbocycles. The third-order valence-corrected chi connectivity index (χ3v) is 2.86. The van der Waals surface area contributed by atoms with Gasteiger partial charge in [-0.2, -0.15) is 0 Å². The molecule has 0 fully saturated rings. The summed E-state index contributed by atoms with van der Waals surface area (Å²) in [6.07, 6.45) is 2.02. The lowest BCUT2D eigenvalue weighted by atomic mass is 10.2. The van der Waals surface area contributed by atoms with Gasteiger partial charge in [-0.1, -0.05) is 12.1 Å². The minimum Gasteiger partial charge on any atom is -0.376 e. The summed E-state index contributed by atoms with van der Waals surface area (Å²) in [6, 6.07) is 8.03. The Kier molecular flexibility index (Phi) is 2.36. The number of carbonyl (C=O) groups is 1. The lowest BCUT2D eigenvalue weighted by Gasteiger charge is -2.20. The van der Waals surface area contributed by atoms with Gasteiger partial charge in [0, 0.05) is 12.8 Å². The Labute approximate surface area is 98.5 Å². The molecule has 1 aromatic heterocycles. The van der Waals surface area contributed by atoms with Crippen LogP contribution >= 0.6 is 0 Å². The summed E-state index contributed by atoms with van der Waals surface area (Å²) in [4.78, 5) is 10.4. The smallest absolute Gasteiger partial charge is 0.157 e. The van der Waals surface area contributed by atoms with Gasteiger partial charge in [0.2, 0.25) is 0 Å². The highest BCUT2D eigenvalue weighted by Crippen LogP contribution is 2.27. The molecule has 1 aliphatic heterocycles. The molecule has 0 saturated carbocycles. The van der Waals surface area contributed by atoms with E-state index in [-0.39, 0.29) is 0 Å². The Hall–Kier alpha value is -2.17. The van der Waals surface area contributed by atoms with Gasteiger partial charge >= 0.3 is 0 Å². The Balaban J connectivity index is 2.09. The lowest BCUT2D eigenvalue weighted by Crippen LogP contribution is -2.17. The van der Waals surface area contributed by atoms with Crippen molar-refractivity contribution in [3.05, 3.63) is 35.9 Å². The number of rotatable bonds is 3. The van der Waals surface area contributed by atoms with E-state index in [1.807, 2.05) is 28.8 Å². The summed E-state index contributed by atoms with van der Waals surface area (Å²) < 4.78 is 2.04. The molecule has 0 radical (unpaired) electrons. The van der Waals surface area contributed by atoms with Gasteiger partial charge in [-0.15, -0.1) is 10.2 Å². The van der Waals surface area contributed by atoms with E-state index in [2.05, 4.69) is 15.5 Å². The number of carbonyl (C=O) groups excluding carboxylic acids is 1. The highest BCUT2D eigenvalue weighted by molar-refractivity contribution is 5.63. The Morgan fingerprint density at radius 2 is 2.24 bits per heavy atom. The SMILES string of the molecule is O=CCCc1nnc2n1-c1ccccc1NC2. The van der Waals surface area contributed by atoms with Crippen LogP contribution in [0.15, 0.2) is 24.3 Å². The molecule has 3 rings (SSSR count).